The number of nitrogen functional groups attached to an aromatic ring is 3. The molecule has 160 valence electrons. The zero-order valence-corrected chi connectivity index (χ0v) is 16.3. The van der Waals surface area contributed by atoms with E-state index in [1.165, 1.54) is 6.07 Å². The molecule has 0 bridgehead atoms. The first kappa shape index (κ1) is 25.6. The number of amides is 1. The summed E-state index contributed by atoms with van der Waals surface area (Å²) in [4.78, 5) is 25.7. The van der Waals surface area contributed by atoms with E-state index in [-0.39, 0.29) is 24.0 Å². The van der Waals surface area contributed by atoms with Gasteiger partial charge in [0.25, 0.3) is 0 Å². The number of aliphatic hydroxyl groups is 2. The Morgan fingerprint density at radius 1 is 1.10 bits per heavy atom. The van der Waals surface area contributed by atoms with Gasteiger partial charge in [0.15, 0.2) is 11.9 Å². The summed E-state index contributed by atoms with van der Waals surface area (Å²) in [5, 5.41) is 19.8. The van der Waals surface area contributed by atoms with E-state index in [1.54, 1.807) is 30.3 Å². The number of nitrogens with two attached hydrogens (primary N) is 4. The van der Waals surface area contributed by atoms with Gasteiger partial charge in [-0.3, -0.25) is 4.79 Å². The van der Waals surface area contributed by atoms with Gasteiger partial charge in [0.2, 0.25) is 5.91 Å². The molecule has 1 amide bonds. The minimum absolute atomic E-state index is 0.0913. The zero-order chi connectivity index (χ0) is 22.4. The Kier molecular flexibility index (Phi) is 12.1. The molecular formula is C18H28N6O5. The molecule has 11 N–H and O–H groups in total. The van der Waals surface area contributed by atoms with E-state index in [2.05, 4.69) is 10.3 Å². The summed E-state index contributed by atoms with van der Waals surface area (Å²) in [6, 6.07) is 9.51. The van der Waals surface area contributed by atoms with E-state index < -0.39 is 18.7 Å². The number of pyridine rings is 1. The first-order valence-corrected chi connectivity index (χ1v) is 8.65. The fourth-order valence-electron chi connectivity index (χ4n) is 1.57. The highest BCUT2D eigenvalue weighted by atomic mass is 16.6. The third-order valence-corrected chi connectivity index (χ3v) is 2.98. The Morgan fingerprint density at radius 3 is 2.24 bits per heavy atom. The lowest BCUT2D eigenvalue weighted by atomic mass is 10.3. The molecule has 0 saturated heterocycles. The SMILES string of the molecule is CC.NCC(=O)Nc1ccc(N)c(N)n1.Nc1ccccc1OC(=O)C(O)CO. The van der Waals surface area contributed by atoms with Gasteiger partial charge in [-0.1, -0.05) is 26.0 Å². The van der Waals surface area contributed by atoms with Gasteiger partial charge >= 0.3 is 5.97 Å². The smallest absolute Gasteiger partial charge is 0.342 e. The zero-order valence-electron chi connectivity index (χ0n) is 16.3. The number of esters is 1. The fourth-order valence-corrected chi connectivity index (χ4v) is 1.57. The largest absolute Gasteiger partial charge is 0.422 e. The van der Waals surface area contributed by atoms with Crippen LogP contribution in [0.2, 0.25) is 0 Å². The van der Waals surface area contributed by atoms with Crippen molar-refractivity contribution in [3.63, 3.8) is 0 Å². The average Bonchev–Trinajstić information content (AvgIpc) is 2.73. The number of para-hydroxylation sites is 2. The number of carbonyl (C=O) groups excluding carboxylic acids is 2. The molecule has 1 aromatic heterocycles. The first-order valence-electron chi connectivity index (χ1n) is 8.65. The van der Waals surface area contributed by atoms with Crippen LogP contribution in [-0.2, 0) is 9.59 Å². The van der Waals surface area contributed by atoms with Crippen LogP contribution in [0.4, 0.5) is 23.0 Å². The van der Waals surface area contributed by atoms with Crippen LogP contribution in [0.5, 0.6) is 5.75 Å². The summed E-state index contributed by atoms with van der Waals surface area (Å²) >= 11 is 0. The third-order valence-electron chi connectivity index (χ3n) is 2.98. The number of benzene rings is 1. The molecule has 0 spiro atoms. The molecule has 0 aliphatic carbocycles. The van der Waals surface area contributed by atoms with Gasteiger partial charge in [-0.2, -0.15) is 0 Å². The van der Waals surface area contributed by atoms with E-state index in [0.717, 1.165) is 0 Å². The summed E-state index contributed by atoms with van der Waals surface area (Å²) in [6.45, 7) is 3.23. The van der Waals surface area contributed by atoms with Crippen LogP contribution in [0.1, 0.15) is 13.8 Å². The van der Waals surface area contributed by atoms with E-state index in [0.29, 0.717) is 17.2 Å². The molecule has 1 unspecified atom stereocenters. The minimum Gasteiger partial charge on any atom is -0.422 e. The highest BCUT2D eigenvalue weighted by Crippen LogP contribution is 2.20. The number of rotatable bonds is 5. The van der Waals surface area contributed by atoms with Crippen LogP contribution in [0.15, 0.2) is 36.4 Å². The molecule has 1 atom stereocenters. The monoisotopic (exact) mass is 408 g/mol. The van der Waals surface area contributed by atoms with Crippen molar-refractivity contribution in [2.45, 2.75) is 20.0 Å². The molecule has 0 saturated carbocycles. The second-order valence-corrected chi connectivity index (χ2v) is 5.08. The summed E-state index contributed by atoms with van der Waals surface area (Å²) in [5.41, 5.74) is 22.1. The van der Waals surface area contributed by atoms with Crippen molar-refractivity contribution in [3.05, 3.63) is 36.4 Å². The average molecular weight is 408 g/mol. The standard InChI is InChI=1S/C9H11NO4.C7H11N5O.C2H6/c10-6-3-1-2-4-8(6)14-9(13)7(12)5-11;8-3-6(13)11-5-2-1-4(9)7(10)12-5;1-2/h1-4,7,11-12H,5,10H2;1-2H,3,8-9H2,(H3,10,11,12,13);1-2H3. The van der Waals surface area contributed by atoms with Crippen LogP contribution >= 0.6 is 0 Å². The van der Waals surface area contributed by atoms with Crippen LogP contribution in [-0.4, -0.2) is 46.3 Å². The van der Waals surface area contributed by atoms with Crippen molar-refractivity contribution in [2.75, 3.05) is 35.7 Å². The second-order valence-electron chi connectivity index (χ2n) is 5.08. The van der Waals surface area contributed by atoms with Crippen molar-refractivity contribution < 1.29 is 24.5 Å². The summed E-state index contributed by atoms with van der Waals surface area (Å²) in [6.07, 6.45) is -1.53. The number of aliphatic hydroxyl groups excluding tert-OH is 2. The number of nitrogens with one attached hydrogen (secondary N) is 1. The van der Waals surface area contributed by atoms with Gasteiger partial charge < -0.3 is 43.2 Å². The Bertz CT molecular complexity index is 787. The lowest BCUT2D eigenvalue weighted by Crippen LogP contribution is -2.29. The number of nitrogens with zero attached hydrogens (tertiary/aromatic N) is 1. The number of aromatic nitrogens is 1. The molecule has 0 radical (unpaired) electrons. The molecule has 1 aromatic carbocycles. The highest BCUT2D eigenvalue weighted by Gasteiger charge is 2.16. The minimum atomic E-state index is -1.53. The van der Waals surface area contributed by atoms with Crippen LogP contribution in [0.25, 0.3) is 0 Å². The number of hydrogen-bond acceptors (Lipinski definition) is 10. The maximum atomic E-state index is 11.0. The number of ether oxygens (including phenoxy) is 1. The van der Waals surface area contributed by atoms with Gasteiger partial charge in [0.1, 0.15) is 11.6 Å². The third kappa shape index (κ3) is 9.37. The molecular weight excluding hydrogens is 380 g/mol. The van der Waals surface area contributed by atoms with Crippen molar-refractivity contribution in [2.24, 2.45) is 5.73 Å². The molecule has 11 heteroatoms. The highest BCUT2D eigenvalue weighted by molar-refractivity contribution is 5.91. The Hall–Kier alpha value is -3.41. The van der Waals surface area contributed by atoms with Crippen molar-refractivity contribution >= 4 is 34.9 Å². The summed E-state index contributed by atoms with van der Waals surface area (Å²) in [5.74, 6) is -0.538. The Balaban J connectivity index is 0.000000499. The molecule has 1 heterocycles. The molecule has 0 aliphatic heterocycles. The molecule has 29 heavy (non-hydrogen) atoms. The van der Waals surface area contributed by atoms with Gasteiger partial charge in [0.05, 0.1) is 24.5 Å². The van der Waals surface area contributed by atoms with E-state index in [9.17, 15) is 9.59 Å². The predicted octanol–water partition coefficient (Wildman–Crippen LogP) is -0.303. The maximum absolute atomic E-state index is 11.0. The van der Waals surface area contributed by atoms with Gasteiger partial charge in [-0.25, -0.2) is 9.78 Å². The van der Waals surface area contributed by atoms with E-state index >= 15 is 0 Å². The van der Waals surface area contributed by atoms with Crippen molar-refractivity contribution in [3.8, 4) is 5.75 Å². The molecule has 2 aromatic rings. The van der Waals surface area contributed by atoms with Crippen molar-refractivity contribution in [1.82, 2.24) is 4.98 Å². The van der Waals surface area contributed by atoms with Crippen LogP contribution < -0.4 is 33.0 Å². The molecule has 0 fully saturated rings. The lowest BCUT2D eigenvalue weighted by Gasteiger charge is -2.08. The first-order chi connectivity index (χ1) is 13.8. The number of hydrogen-bond donors (Lipinski definition) is 7. The normalized spacial score (nSPS) is 10.4. The molecule has 11 nitrogen and oxygen atoms in total. The molecule has 2 rings (SSSR count). The van der Waals surface area contributed by atoms with E-state index in [1.807, 2.05) is 13.8 Å². The van der Waals surface area contributed by atoms with Gasteiger partial charge in [0, 0.05) is 0 Å². The number of anilines is 4. The predicted molar refractivity (Wildman–Crippen MR) is 112 cm³/mol. The maximum Gasteiger partial charge on any atom is 0.342 e. The van der Waals surface area contributed by atoms with Crippen LogP contribution in [0, 0.1) is 0 Å². The van der Waals surface area contributed by atoms with Crippen molar-refractivity contribution in [1.29, 1.82) is 0 Å². The Labute approximate surface area is 168 Å². The van der Waals surface area contributed by atoms with Gasteiger partial charge in [-0.05, 0) is 24.3 Å². The molecule has 0 aliphatic rings. The topological polar surface area (TPSA) is 213 Å². The summed E-state index contributed by atoms with van der Waals surface area (Å²) < 4.78 is 4.72. The number of carbonyl (C=O) groups is 2. The van der Waals surface area contributed by atoms with Crippen LogP contribution in [0.3, 0.4) is 0 Å². The quantitative estimate of drug-likeness (QED) is 0.195. The van der Waals surface area contributed by atoms with E-state index in [4.69, 9.17) is 37.9 Å². The Morgan fingerprint density at radius 2 is 1.72 bits per heavy atom. The fraction of sp³-hybridized carbons (Fsp3) is 0.278. The van der Waals surface area contributed by atoms with Gasteiger partial charge in [-0.15, -0.1) is 0 Å². The second kappa shape index (κ2) is 13.7. The summed E-state index contributed by atoms with van der Waals surface area (Å²) in [7, 11) is 0. The lowest BCUT2D eigenvalue weighted by molar-refractivity contribution is -0.145.